The zero-order valence-electron chi connectivity index (χ0n) is 17.5. The first kappa shape index (κ1) is 20.7. The molecule has 28 heavy (non-hydrogen) atoms. The van der Waals surface area contributed by atoms with Crippen molar-refractivity contribution >= 4 is 0 Å². The van der Waals surface area contributed by atoms with Crippen LogP contribution in [0.5, 0.6) is 11.5 Å². The lowest BCUT2D eigenvalue weighted by molar-refractivity contribution is 0.269. The Kier molecular flexibility index (Phi) is 8.23. The van der Waals surface area contributed by atoms with Crippen LogP contribution in [-0.2, 0) is 13.2 Å². The molecule has 0 bridgehead atoms. The SMILES string of the molecule is CCOc1cc(CNC2CCCCCCC2)ccc1OCc1ccc(C)cc1. The van der Waals surface area contributed by atoms with Crippen molar-refractivity contribution in [2.75, 3.05) is 6.61 Å². The monoisotopic (exact) mass is 381 g/mol. The first-order valence-electron chi connectivity index (χ1n) is 10.9. The van der Waals surface area contributed by atoms with E-state index in [2.05, 4.69) is 48.6 Å². The van der Waals surface area contributed by atoms with E-state index in [0.717, 1.165) is 18.0 Å². The standard InChI is InChI=1S/C25H35NO2/c1-3-27-25-17-22(18-26-23-9-7-5-4-6-8-10-23)15-16-24(25)28-19-21-13-11-20(2)12-14-21/h11-17,23,26H,3-10,18-19H2,1-2H3. The van der Waals surface area contributed by atoms with Crippen molar-refractivity contribution in [1.82, 2.24) is 5.32 Å². The predicted molar refractivity (Wildman–Crippen MR) is 116 cm³/mol. The lowest BCUT2D eigenvalue weighted by atomic mass is 9.96. The Morgan fingerprint density at radius 3 is 2.21 bits per heavy atom. The molecule has 152 valence electrons. The molecule has 0 saturated heterocycles. The van der Waals surface area contributed by atoms with Crippen molar-refractivity contribution in [1.29, 1.82) is 0 Å². The Balaban J connectivity index is 1.58. The normalized spacial score (nSPS) is 15.6. The molecule has 1 aliphatic rings. The van der Waals surface area contributed by atoms with Gasteiger partial charge in [0.2, 0.25) is 0 Å². The first-order chi connectivity index (χ1) is 13.7. The number of benzene rings is 2. The highest BCUT2D eigenvalue weighted by molar-refractivity contribution is 5.43. The predicted octanol–water partition coefficient (Wildman–Crippen LogP) is 6.18. The fourth-order valence-corrected chi connectivity index (χ4v) is 3.82. The minimum absolute atomic E-state index is 0.556. The molecular formula is C25H35NO2. The Labute approximate surface area is 170 Å². The van der Waals surface area contributed by atoms with Gasteiger partial charge in [0.05, 0.1) is 6.61 Å². The molecule has 3 heteroatoms. The molecule has 1 fully saturated rings. The molecule has 0 atom stereocenters. The second kappa shape index (κ2) is 11.1. The van der Waals surface area contributed by atoms with Gasteiger partial charge in [0, 0.05) is 12.6 Å². The Hall–Kier alpha value is -2.00. The van der Waals surface area contributed by atoms with Crippen LogP contribution in [0, 0.1) is 6.92 Å². The van der Waals surface area contributed by atoms with Crippen LogP contribution < -0.4 is 14.8 Å². The van der Waals surface area contributed by atoms with Crippen molar-refractivity contribution in [2.24, 2.45) is 0 Å². The lowest BCUT2D eigenvalue weighted by Gasteiger charge is -2.21. The molecule has 2 aromatic rings. The summed E-state index contributed by atoms with van der Waals surface area (Å²) < 4.78 is 11.9. The van der Waals surface area contributed by atoms with Gasteiger partial charge in [-0.3, -0.25) is 0 Å². The van der Waals surface area contributed by atoms with Gasteiger partial charge in [-0.2, -0.15) is 0 Å². The highest BCUT2D eigenvalue weighted by atomic mass is 16.5. The van der Waals surface area contributed by atoms with E-state index in [1.165, 1.54) is 61.6 Å². The number of ether oxygens (including phenoxy) is 2. The lowest BCUT2D eigenvalue weighted by Crippen LogP contribution is -2.29. The maximum atomic E-state index is 6.05. The van der Waals surface area contributed by atoms with Gasteiger partial charge in [-0.1, -0.05) is 68.0 Å². The summed E-state index contributed by atoms with van der Waals surface area (Å²) in [6.07, 6.45) is 9.50. The zero-order chi connectivity index (χ0) is 19.6. The largest absolute Gasteiger partial charge is 0.490 e. The van der Waals surface area contributed by atoms with Crippen molar-refractivity contribution in [3.63, 3.8) is 0 Å². The second-order valence-corrected chi connectivity index (χ2v) is 7.91. The van der Waals surface area contributed by atoms with Gasteiger partial charge in [-0.15, -0.1) is 0 Å². The highest BCUT2D eigenvalue weighted by Crippen LogP contribution is 2.29. The van der Waals surface area contributed by atoms with Gasteiger partial charge in [0.15, 0.2) is 11.5 Å². The summed E-state index contributed by atoms with van der Waals surface area (Å²) >= 11 is 0. The van der Waals surface area contributed by atoms with Crippen LogP contribution in [-0.4, -0.2) is 12.6 Å². The smallest absolute Gasteiger partial charge is 0.161 e. The van der Waals surface area contributed by atoms with Crippen molar-refractivity contribution in [3.05, 3.63) is 59.2 Å². The summed E-state index contributed by atoms with van der Waals surface area (Å²) in [6.45, 7) is 6.20. The van der Waals surface area contributed by atoms with Gasteiger partial charge < -0.3 is 14.8 Å². The van der Waals surface area contributed by atoms with Gasteiger partial charge in [0.1, 0.15) is 6.61 Å². The average Bonchev–Trinajstić information content (AvgIpc) is 2.68. The fourth-order valence-electron chi connectivity index (χ4n) is 3.82. The molecule has 0 unspecified atom stereocenters. The highest BCUT2D eigenvalue weighted by Gasteiger charge is 2.12. The van der Waals surface area contributed by atoms with Gasteiger partial charge in [0.25, 0.3) is 0 Å². The van der Waals surface area contributed by atoms with E-state index < -0.39 is 0 Å². The molecule has 3 nitrogen and oxygen atoms in total. The summed E-state index contributed by atoms with van der Waals surface area (Å²) in [5, 5.41) is 3.76. The van der Waals surface area contributed by atoms with Gasteiger partial charge in [-0.25, -0.2) is 0 Å². The van der Waals surface area contributed by atoms with Crippen LogP contribution in [0.25, 0.3) is 0 Å². The van der Waals surface area contributed by atoms with Crippen LogP contribution in [0.1, 0.15) is 68.6 Å². The van der Waals surface area contributed by atoms with E-state index in [9.17, 15) is 0 Å². The van der Waals surface area contributed by atoms with E-state index >= 15 is 0 Å². The van der Waals surface area contributed by atoms with Crippen molar-refractivity contribution < 1.29 is 9.47 Å². The molecule has 3 rings (SSSR count). The van der Waals surface area contributed by atoms with E-state index in [1.807, 2.05) is 13.0 Å². The summed E-state index contributed by atoms with van der Waals surface area (Å²) in [7, 11) is 0. The minimum atomic E-state index is 0.556. The third-order valence-corrected chi connectivity index (χ3v) is 5.52. The van der Waals surface area contributed by atoms with Gasteiger partial charge >= 0.3 is 0 Å². The van der Waals surface area contributed by atoms with E-state index in [0.29, 0.717) is 19.3 Å². The molecule has 0 aliphatic heterocycles. The molecule has 0 aromatic heterocycles. The quantitative estimate of drug-likeness (QED) is 0.592. The third-order valence-electron chi connectivity index (χ3n) is 5.52. The van der Waals surface area contributed by atoms with Gasteiger partial charge in [-0.05, 0) is 49.9 Å². The Morgan fingerprint density at radius 2 is 1.50 bits per heavy atom. The fraction of sp³-hybridized carbons (Fsp3) is 0.520. The molecule has 0 amide bonds. The summed E-state index contributed by atoms with van der Waals surface area (Å²) in [4.78, 5) is 0. The van der Waals surface area contributed by atoms with Crippen LogP contribution in [0.15, 0.2) is 42.5 Å². The summed E-state index contributed by atoms with van der Waals surface area (Å²) in [5.74, 6) is 1.66. The molecule has 0 spiro atoms. The summed E-state index contributed by atoms with van der Waals surface area (Å²) in [5.41, 5.74) is 3.69. The third kappa shape index (κ3) is 6.56. The molecular weight excluding hydrogens is 346 g/mol. The number of nitrogens with one attached hydrogen (secondary N) is 1. The maximum Gasteiger partial charge on any atom is 0.161 e. The molecule has 1 saturated carbocycles. The number of hydrogen-bond acceptors (Lipinski definition) is 3. The number of rotatable bonds is 8. The molecule has 1 aliphatic carbocycles. The Bertz CT molecular complexity index is 703. The molecule has 2 aromatic carbocycles. The Morgan fingerprint density at radius 1 is 0.821 bits per heavy atom. The van der Waals surface area contributed by atoms with Crippen LogP contribution in [0.2, 0.25) is 0 Å². The molecule has 0 heterocycles. The zero-order valence-corrected chi connectivity index (χ0v) is 17.5. The van der Waals surface area contributed by atoms with E-state index in [-0.39, 0.29) is 0 Å². The maximum absolute atomic E-state index is 6.05. The van der Waals surface area contributed by atoms with Crippen molar-refractivity contribution in [3.8, 4) is 11.5 Å². The topological polar surface area (TPSA) is 30.5 Å². The van der Waals surface area contributed by atoms with Crippen molar-refractivity contribution in [2.45, 2.75) is 78.0 Å². The van der Waals surface area contributed by atoms with Crippen LogP contribution in [0.3, 0.4) is 0 Å². The average molecular weight is 382 g/mol. The van der Waals surface area contributed by atoms with Crippen LogP contribution in [0.4, 0.5) is 0 Å². The molecule has 0 radical (unpaired) electrons. The van der Waals surface area contributed by atoms with Crippen LogP contribution >= 0.6 is 0 Å². The first-order valence-corrected chi connectivity index (χ1v) is 10.9. The number of hydrogen-bond donors (Lipinski definition) is 1. The number of aryl methyl sites for hydroxylation is 1. The second-order valence-electron chi connectivity index (χ2n) is 7.91. The minimum Gasteiger partial charge on any atom is -0.490 e. The van der Waals surface area contributed by atoms with E-state index in [1.54, 1.807) is 0 Å². The van der Waals surface area contributed by atoms with E-state index in [4.69, 9.17) is 9.47 Å². The summed E-state index contributed by atoms with van der Waals surface area (Å²) in [6, 6.07) is 15.4. The molecule has 1 N–H and O–H groups in total.